The fraction of sp³-hybridized carbons (Fsp3) is 0.583. The van der Waals surface area contributed by atoms with Crippen molar-refractivity contribution in [3.8, 4) is 0 Å². The maximum absolute atomic E-state index is 12.9. The summed E-state index contributed by atoms with van der Waals surface area (Å²) in [4.78, 5) is 14.6. The van der Waals surface area contributed by atoms with Gasteiger partial charge in [0.05, 0.1) is 0 Å². The molecule has 0 radical (unpaired) electrons. The lowest BCUT2D eigenvalue weighted by Crippen LogP contribution is -2.35. The Morgan fingerprint density at radius 2 is 2.18 bits per heavy atom. The molecule has 1 heterocycles. The van der Waals surface area contributed by atoms with Crippen molar-refractivity contribution in [1.29, 1.82) is 0 Å². The summed E-state index contributed by atoms with van der Waals surface area (Å²) in [5, 5.41) is 2.78. The highest BCUT2D eigenvalue weighted by atomic mass is 19.3. The van der Waals surface area contributed by atoms with Crippen molar-refractivity contribution in [3.63, 3.8) is 0 Å². The van der Waals surface area contributed by atoms with Crippen molar-refractivity contribution in [2.45, 2.75) is 38.2 Å². The third-order valence-corrected chi connectivity index (χ3v) is 3.22. The van der Waals surface area contributed by atoms with Gasteiger partial charge in [-0.15, -0.1) is 0 Å². The van der Waals surface area contributed by atoms with Gasteiger partial charge in [0.1, 0.15) is 0 Å². The molecule has 2 N–H and O–H groups in total. The molecule has 0 bridgehead atoms. The molecule has 1 aliphatic carbocycles. The van der Waals surface area contributed by atoms with E-state index in [0.29, 0.717) is 6.54 Å². The first kappa shape index (κ1) is 12.1. The second-order valence-corrected chi connectivity index (χ2v) is 4.57. The molecule has 1 aromatic heterocycles. The van der Waals surface area contributed by atoms with Gasteiger partial charge in [-0.1, -0.05) is 0 Å². The lowest BCUT2D eigenvalue weighted by molar-refractivity contribution is -0.129. The average Bonchev–Trinajstić information content (AvgIpc) is 2.78. The van der Waals surface area contributed by atoms with Gasteiger partial charge in [-0.2, -0.15) is 0 Å². The highest BCUT2D eigenvalue weighted by molar-refractivity contribution is 5.78. The zero-order chi connectivity index (χ0) is 12.3. The number of hydrogen-bond donors (Lipinski definition) is 2. The number of aromatic nitrogens is 1. The number of hydrogen-bond acceptors (Lipinski definition) is 1. The molecule has 1 amide bonds. The number of carbonyl (C=O) groups excluding carboxylic acids is 1. The molecule has 0 aromatic carbocycles. The third-order valence-electron chi connectivity index (χ3n) is 3.22. The molecule has 0 unspecified atom stereocenters. The minimum absolute atomic E-state index is 0.110. The first-order valence-corrected chi connectivity index (χ1v) is 5.84. The molecule has 0 atom stereocenters. The van der Waals surface area contributed by atoms with Crippen LogP contribution in [0.5, 0.6) is 0 Å². The second-order valence-electron chi connectivity index (χ2n) is 4.57. The quantitative estimate of drug-likeness (QED) is 0.840. The minimum atomic E-state index is -2.57. The molecule has 1 aromatic rings. The number of halogens is 2. The van der Waals surface area contributed by atoms with Crippen molar-refractivity contribution in [2.75, 3.05) is 0 Å². The topological polar surface area (TPSA) is 44.9 Å². The first-order chi connectivity index (χ1) is 8.07. The Morgan fingerprint density at radius 1 is 1.47 bits per heavy atom. The van der Waals surface area contributed by atoms with Crippen LogP contribution in [0.15, 0.2) is 18.5 Å². The van der Waals surface area contributed by atoms with Crippen LogP contribution < -0.4 is 5.32 Å². The van der Waals surface area contributed by atoms with E-state index in [0.717, 1.165) is 5.56 Å². The van der Waals surface area contributed by atoms with E-state index < -0.39 is 5.92 Å². The molecule has 0 aliphatic heterocycles. The number of amides is 1. The maximum Gasteiger partial charge on any atom is 0.248 e. The Morgan fingerprint density at radius 3 is 2.76 bits per heavy atom. The number of H-pyrrole nitrogens is 1. The van der Waals surface area contributed by atoms with E-state index in [9.17, 15) is 13.6 Å². The van der Waals surface area contributed by atoms with Crippen LogP contribution in [-0.2, 0) is 11.3 Å². The molecule has 1 saturated carbocycles. The molecule has 17 heavy (non-hydrogen) atoms. The van der Waals surface area contributed by atoms with Gasteiger partial charge in [-0.25, -0.2) is 8.78 Å². The van der Waals surface area contributed by atoms with E-state index in [1.54, 1.807) is 12.4 Å². The van der Waals surface area contributed by atoms with Gasteiger partial charge >= 0.3 is 0 Å². The van der Waals surface area contributed by atoms with Gasteiger partial charge in [0.15, 0.2) is 0 Å². The van der Waals surface area contributed by atoms with Crippen LogP contribution in [0.4, 0.5) is 8.78 Å². The SMILES string of the molecule is O=C(NCc1cc[nH]c1)C1CCC(F)(F)CC1. The highest BCUT2D eigenvalue weighted by Crippen LogP contribution is 2.36. The zero-order valence-corrected chi connectivity index (χ0v) is 9.51. The Labute approximate surface area is 98.6 Å². The summed E-state index contributed by atoms with van der Waals surface area (Å²) >= 11 is 0. The Bertz CT molecular complexity index is 366. The summed E-state index contributed by atoms with van der Waals surface area (Å²) in [6.45, 7) is 0.454. The van der Waals surface area contributed by atoms with E-state index in [1.807, 2.05) is 6.07 Å². The first-order valence-electron chi connectivity index (χ1n) is 5.84. The lowest BCUT2D eigenvalue weighted by atomic mass is 9.86. The number of carbonyl (C=O) groups is 1. The van der Waals surface area contributed by atoms with Crippen molar-refractivity contribution in [3.05, 3.63) is 24.0 Å². The molecular weight excluding hydrogens is 226 g/mol. The van der Waals surface area contributed by atoms with E-state index in [4.69, 9.17) is 0 Å². The van der Waals surface area contributed by atoms with Crippen LogP contribution in [0.3, 0.4) is 0 Å². The molecule has 0 spiro atoms. The Hall–Kier alpha value is -1.39. The summed E-state index contributed by atoms with van der Waals surface area (Å²) in [6.07, 6.45) is 3.81. The van der Waals surface area contributed by atoms with Crippen molar-refractivity contribution >= 4 is 5.91 Å². The lowest BCUT2D eigenvalue weighted by Gasteiger charge is -2.27. The fourth-order valence-corrected chi connectivity index (χ4v) is 2.10. The van der Waals surface area contributed by atoms with E-state index in [2.05, 4.69) is 10.3 Å². The molecular formula is C12H16F2N2O. The van der Waals surface area contributed by atoms with E-state index >= 15 is 0 Å². The summed E-state index contributed by atoms with van der Waals surface area (Å²) in [7, 11) is 0. The molecule has 2 rings (SSSR count). The monoisotopic (exact) mass is 242 g/mol. The van der Waals surface area contributed by atoms with Crippen molar-refractivity contribution < 1.29 is 13.6 Å². The van der Waals surface area contributed by atoms with Gasteiger partial charge in [0, 0.05) is 37.7 Å². The third kappa shape index (κ3) is 3.28. The molecule has 3 nitrogen and oxygen atoms in total. The highest BCUT2D eigenvalue weighted by Gasteiger charge is 2.37. The molecule has 1 aliphatic rings. The number of rotatable bonds is 3. The summed E-state index contributed by atoms with van der Waals surface area (Å²) < 4.78 is 25.8. The minimum Gasteiger partial charge on any atom is -0.367 e. The van der Waals surface area contributed by atoms with Crippen LogP contribution in [0, 0.1) is 5.92 Å². The van der Waals surface area contributed by atoms with Gasteiger partial charge in [0.2, 0.25) is 11.8 Å². The summed E-state index contributed by atoms with van der Waals surface area (Å²) in [5.74, 6) is -2.94. The number of alkyl halides is 2. The Balaban J connectivity index is 1.77. The van der Waals surface area contributed by atoms with Crippen LogP contribution >= 0.6 is 0 Å². The number of aromatic amines is 1. The van der Waals surface area contributed by atoms with Crippen LogP contribution in [-0.4, -0.2) is 16.8 Å². The zero-order valence-electron chi connectivity index (χ0n) is 9.51. The second kappa shape index (κ2) is 4.85. The largest absolute Gasteiger partial charge is 0.367 e. The predicted octanol–water partition coefficient (Wildman–Crippen LogP) is 2.46. The van der Waals surface area contributed by atoms with Crippen LogP contribution in [0.2, 0.25) is 0 Å². The molecule has 1 fully saturated rings. The van der Waals surface area contributed by atoms with Crippen molar-refractivity contribution in [2.24, 2.45) is 5.92 Å². The normalized spacial score (nSPS) is 20.1. The maximum atomic E-state index is 12.9. The van der Waals surface area contributed by atoms with E-state index in [1.165, 1.54) is 0 Å². The van der Waals surface area contributed by atoms with Gasteiger partial charge < -0.3 is 10.3 Å². The Kier molecular flexibility index (Phi) is 3.45. The summed E-state index contributed by atoms with van der Waals surface area (Å²) in [5.41, 5.74) is 0.986. The van der Waals surface area contributed by atoms with Gasteiger partial charge in [-0.05, 0) is 24.5 Å². The standard InChI is InChI=1S/C12H16F2N2O/c13-12(14)4-1-10(2-5-12)11(17)16-8-9-3-6-15-7-9/h3,6-7,10,15H,1-2,4-5,8H2,(H,16,17). The summed E-state index contributed by atoms with van der Waals surface area (Å²) in [6, 6.07) is 1.87. The number of nitrogens with one attached hydrogen (secondary N) is 2. The van der Waals surface area contributed by atoms with Gasteiger partial charge in [0.25, 0.3) is 0 Å². The van der Waals surface area contributed by atoms with Crippen LogP contribution in [0.25, 0.3) is 0 Å². The smallest absolute Gasteiger partial charge is 0.248 e. The van der Waals surface area contributed by atoms with E-state index in [-0.39, 0.29) is 37.5 Å². The molecule has 94 valence electrons. The molecule has 5 heteroatoms. The van der Waals surface area contributed by atoms with Gasteiger partial charge in [-0.3, -0.25) is 4.79 Å². The van der Waals surface area contributed by atoms with Crippen LogP contribution in [0.1, 0.15) is 31.2 Å². The predicted molar refractivity (Wildman–Crippen MR) is 59.5 cm³/mol. The molecule has 0 saturated heterocycles. The van der Waals surface area contributed by atoms with Crippen molar-refractivity contribution in [1.82, 2.24) is 10.3 Å². The fourth-order valence-electron chi connectivity index (χ4n) is 2.10. The average molecular weight is 242 g/mol.